The van der Waals surface area contributed by atoms with E-state index in [0.717, 1.165) is 11.1 Å². The highest BCUT2D eigenvalue weighted by Crippen LogP contribution is 2.16. The molecular weight excluding hydrogens is 354 g/mol. The molecule has 0 bridgehead atoms. The Hall–Kier alpha value is -3.29. The monoisotopic (exact) mass is 372 g/mol. The van der Waals surface area contributed by atoms with Gasteiger partial charge >= 0.3 is 6.61 Å². The van der Waals surface area contributed by atoms with Crippen LogP contribution in [-0.4, -0.2) is 39.2 Å². The number of rotatable bonds is 7. The average Bonchev–Trinajstić information content (AvgIpc) is 3.16. The summed E-state index contributed by atoms with van der Waals surface area (Å²) in [6.07, 6.45) is 3.10. The normalized spacial score (nSPS) is 10.8. The van der Waals surface area contributed by atoms with Gasteiger partial charge in [-0.1, -0.05) is 24.3 Å². The Morgan fingerprint density at radius 1 is 1.11 bits per heavy atom. The van der Waals surface area contributed by atoms with Gasteiger partial charge in [-0.2, -0.15) is 13.9 Å². The van der Waals surface area contributed by atoms with Gasteiger partial charge in [-0.05, 0) is 35.4 Å². The molecule has 1 aromatic heterocycles. The van der Waals surface area contributed by atoms with Crippen LogP contribution in [0.15, 0.2) is 61.2 Å². The number of hydrogen-bond acceptors (Lipinski definition) is 4. The number of halogens is 2. The van der Waals surface area contributed by atoms with Crippen molar-refractivity contribution >= 4 is 5.91 Å². The van der Waals surface area contributed by atoms with Crippen molar-refractivity contribution in [3.8, 4) is 5.75 Å². The number of hydrogen-bond donors (Lipinski definition) is 0. The summed E-state index contributed by atoms with van der Waals surface area (Å²) in [5.41, 5.74) is 2.39. The molecule has 2 aromatic carbocycles. The fraction of sp³-hybridized carbons (Fsp3) is 0.211. The van der Waals surface area contributed by atoms with E-state index in [0.29, 0.717) is 18.7 Å². The van der Waals surface area contributed by atoms with Crippen molar-refractivity contribution in [2.45, 2.75) is 19.7 Å². The molecule has 8 heteroatoms. The van der Waals surface area contributed by atoms with Gasteiger partial charge in [-0.25, -0.2) is 9.67 Å². The Morgan fingerprint density at radius 2 is 1.78 bits per heavy atom. The van der Waals surface area contributed by atoms with Gasteiger partial charge in [0.2, 0.25) is 0 Å². The van der Waals surface area contributed by atoms with Crippen LogP contribution in [0.2, 0.25) is 0 Å². The summed E-state index contributed by atoms with van der Waals surface area (Å²) < 4.78 is 30.4. The van der Waals surface area contributed by atoms with E-state index in [9.17, 15) is 13.6 Å². The second kappa shape index (κ2) is 8.39. The molecule has 0 radical (unpaired) electrons. The first-order valence-corrected chi connectivity index (χ1v) is 8.22. The van der Waals surface area contributed by atoms with Crippen molar-refractivity contribution in [2.24, 2.45) is 0 Å². The van der Waals surface area contributed by atoms with Gasteiger partial charge in [0.1, 0.15) is 18.4 Å². The molecule has 1 heterocycles. The van der Waals surface area contributed by atoms with E-state index in [1.807, 2.05) is 12.1 Å². The van der Waals surface area contributed by atoms with E-state index in [1.165, 1.54) is 18.5 Å². The van der Waals surface area contributed by atoms with E-state index >= 15 is 0 Å². The molecule has 1 amide bonds. The molecule has 0 N–H and O–H groups in total. The molecule has 0 aliphatic rings. The molecular formula is C19H18F2N4O2. The van der Waals surface area contributed by atoms with Gasteiger partial charge in [0.25, 0.3) is 5.91 Å². The minimum Gasteiger partial charge on any atom is -0.435 e. The van der Waals surface area contributed by atoms with E-state index in [-0.39, 0.29) is 11.7 Å². The zero-order valence-corrected chi connectivity index (χ0v) is 14.6. The van der Waals surface area contributed by atoms with Crippen LogP contribution in [-0.2, 0) is 13.1 Å². The third-order valence-electron chi connectivity index (χ3n) is 3.93. The van der Waals surface area contributed by atoms with E-state index < -0.39 is 6.61 Å². The molecule has 0 unspecified atom stereocenters. The van der Waals surface area contributed by atoms with Gasteiger partial charge in [-0.15, -0.1) is 0 Å². The molecule has 3 rings (SSSR count). The topological polar surface area (TPSA) is 60.2 Å². The summed E-state index contributed by atoms with van der Waals surface area (Å²) in [5, 5.41) is 4.05. The largest absolute Gasteiger partial charge is 0.435 e. The van der Waals surface area contributed by atoms with E-state index in [1.54, 1.807) is 47.2 Å². The molecule has 0 spiro atoms. The standard InChI is InChI=1S/C19H18F2N4O2/c1-24(10-14-4-8-17(9-5-14)27-19(20)21)18(26)16-6-2-15(3-7-16)11-25-13-22-12-23-25/h2-9,12-13,19H,10-11H2,1H3. The van der Waals surface area contributed by atoms with Crippen LogP contribution in [0.5, 0.6) is 5.75 Å². The molecule has 0 saturated heterocycles. The maximum Gasteiger partial charge on any atom is 0.387 e. The first-order chi connectivity index (χ1) is 13.0. The lowest BCUT2D eigenvalue weighted by atomic mass is 10.1. The maximum absolute atomic E-state index is 12.6. The highest BCUT2D eigenvalue weighted by Gasteiger charge is 2.12. The van der Waals surface area contributed by atoms with Crippen LogP contribution in [0, 0.1) is 0 Å². The Labute approximate surface area is 155 Å². The summed E-state index contributed by atoms with van der Waals surface area (Å²) in [6, 6.07) is 13.5. The number of amides is 1. The minimum atomic E-state index is -2.85. The average molecular weight is 372 g/mol. The summed E-state index contributed by atoms with van der Waals surface area (Å²) in [4.78, 5) is 18.0. The maximum atomic E-state index is 12.6. The second-order valence-electron chi connectivity index (χ2n) is 5.97. The van der Waals surface area contributed by atoms with Gasteiger partial charge in [0.05, 0.1) is 6.54 Å². The Balaban J connectivity index is 1.59. The lowest BCUT2D eigenvalue weighted by molar-refractivity contribution is -0.0498. The van der Waals surface area contributed by atoms with Gasteiger partial charge < -0.3 is 9.64 Å². The summed E-state index contributed by atoms with van der Waals surface area (Å²) in [6.45, 7) is -1.92. The zero-order chi connectivity index (χ0) is 19.2. The minimum absolute atomic E-state index is 0.0886. The third-order valence-corrected chi connectivity index (χ3v) is 3.93. The number of carbonyl (C=O) groups excluding carboxylic acids is 1. The van der Waals surface area contributed by atoms with Gasteiger partial charge in [-0.3, -0.25) is 4.79 Å². The van der Waals surface area contributed by atoms with Crippen molar-refractivity contribution in [3.05, 3.63) is 77.9 Å². The lowest BCUT2D eigenvalue weighted by Gasteiger charge is -2.18. The second-order valence-corrected chi connectivity index (χ2v) is 5.97. The number of nitrogens with zero attached hydrogens (tertiary/aromatic N) is 4. The van der Waals surface area contributed by atoms with Crippen LogP contribution < -0.4 is 4.74 Å². The zero-order valence-electron chi connectivity index (χ0n) is 14.6. The molecule has 0 aliphatic heterocycles. The van der Waals surface area contributed by atoms with Crippen molar-refractivity contribution in [2.75, 3.05) is 7.05 Å². The molecule has 140 valence electrons. The van der Waals surface area contributed by atoms with Crippen LogP contribution in [0.4, 0.5) is 8.78 Å². The van der Waals surface area contributed by atoms with Crippen molar-refractivity contribution in [3.63, 3.8) is 0 Å². The summed E-state index contributed by atoms with van der Waals surface area (Å²) >= 11 is 0. The lowest BCUT2D eigenvalue weighted by Crippen LogP contribution is -2.26. The predicted molar refractivity (Wildman–Crippen MR) is 94.4 cm³/mol. The number of ether oxygens (including phenoxy) is 1. The molecule has 0 fully saturated rings. The third kappa shape index (κ3) is 5.10. The van der Waals surface area contributed by atoms with Crippen LogP contribution in [0.3, 0.4) is 0 Å². The highest BCUT2D eigenvalue weighted by atomic mass is 19.3. The predicted octanol–water partition coefficient (Wildman–Crippen LogP) is 3.20. The van der Waals surface area contributed by atoms with Crippen LogP contribution >= 0.6 is 0 Å². The quantitative estimate of drug-likeness (QED) is 0.639. The summed E-state index contributed by atoms with van der Waals surface area (Å²) in [5.74, 6) is -0.0408. The summed E-state index contributed by atoms with van der Waals surface area (Å²) in [7, 11) is 1.69. The smallest absolute Gasteiger partial charge is 0.387 e. The van der Waals surface area contributed by atoms with Crippen LogP contribution in [0.1, 0.15) is 21.5 Å². The van der Waals surface area contributed by atoms with Gasteiger partial charge in [0.15, 0.2) is 0 Å². The van der Waals surface area contributed by atoms with Crippen molar-refractivity contribution in [1.82, 2.24) is 19.7 Å². The van der Waals surface area contributed by atoms with Gasteiger partial charge in [0, 0.05) is 19.2 Å². The van der Waals surface area contributed by atoms with Crippen molar-refractivity contribution in [1.29, 1.82) is 0 Å². The Bertz CT molecular complexity index is 866. The highest BCUT2D eigenvalue weighted by molar-refractivity contribution is 5.94. The number of aromatic nitrogens is 3. The molecule has 0 aliphatic carbocycles. The van der Waals surface area contributed by atoms with E-state index in [2.05, 4.69) is 14.8 Å². The first kappa shape index (κ1) is 18.5. The molecule has 3 aromatic rings. The SMILES string of the molecule is CN(Cc1ccc(OC(F)F)cc1)C(=O)c1ccc(Cn2cncn2)cc1. The Kier molecular flexibility index (Phi) is 5.75. The number of benzene rings is 2. The molecule has 6 nitrogen and oxygen atoms in total. The van der Waals surface area contributed by atoms with Crippen LogP contribution in [0.25, 0.3) is 0 Å². The molecule has 0 atom stereocenters. The van der Waals surface area contributed by atoms with Crippen molar-refractivity contribution < 1.29 is 18.3 Å². The number of alkyl halides is 2. The molecule has 27 heavy (non-hydrogen) atoms. The fourth-order valence-corrected chi connectivity index (χ4v) is 2.60. The number of carbonyl (C=O) groups is 1. The molecule has 0 saturated carbocycles. The Morgan fingerprint density at radius 3 is 2.37 bits per heavy atom. The van der Waals surface area contributed by atoms with E-state index in [4.69, 9.17) is 0 Å². The fourth-order valence-electron chi connectivity index (χ4n) is 2.60. The first-order valence-electron chi connectivity index (χ1n) is 8.22.